The van der Waals surface area contributed by atoms with Gasteiger partial charge in [-0.05, 0) is 39.3 Å². The molecule has 0 aromatic heterocycles. The Morgan fingerprint density at radius 3 is 2.62 bits per heavy atom. The van der Waals surface area contributed by atoms with E-state index < -0.39 is 5.54 Å². The van der Waals surface area contributed by atoms with E-state index in [9.17, 15) is 9.59 Å². The molecule has 0 aliphatic carbocycles. The number of aryl methyl sites for hydroxylation is 1. The van der Waals surface area contributed by atoms with E-state index in [-0.39, 0.29) is 18.4 Å². The second-order valence-corrected chi connectivity index (χ2v) is 6.05. The summed E-state index contributed by atoms with van der Waals surface area (Å²) in [5.41, 5.74) is 1.33. The molecule has 0 radical (unpaired) electrons. The van der Waals surface area contributed by atoms with Gasteiger partial charge in [0.1, 0.15) is 5.54 Å². The lowest BCUT2D eigenvalue weighted by Crippen LogP contribution is -2.51. The molecule has 0 spiro atoms. The highest BCUT2D eigenvalue weighted by atomic mass is 16.2. The van der Waals surface area contributed by atoms with Crippen LogP contribution in [0.15, 0.2) is 24.3 Å². The molecule has 0 unspecified atom stereocenters. The first-order chi connectivity index (χ1) is 9.88. The van der Waals surface area contributed by atoms with Gasteiger partial charge in [-0.25, -0.2) is 0 Å². The summed E-state index contributed by atoms with van der Waals surface area (Å²) >= 11 is 0. The number of nitrogens with zero attached hydrogens (tertiary/aromatic N) is 1. The van der Waals surface area contributed by atoms with Gasteiger partial charge in [0.05, 0.1) is 6.54 Å². The molecule has 1 aliphatic rings. The van der Waals surface area contributed by atoms with Crippen molar-refractivity contribution in [2.24, 2.45) is 0 Å². The van der Waals surface area contributed by atoms with Crippen LogP contribution in [0.5, 0.6) is 0 Å². The van der Waals surface area contributed by atoms with Gasteiger partial charge in [0.15, 0.2) is 0 Å². The molecular weight excluding hydrogens is 266 g/mol. The van der Waals surface area contributed by atoms with Crippen molar-refractivity contribution in [3.63, 3.8) is 0 Å². The maximum absolute atomic E-state index is 12.7. The summed E-state index contributed by atoms with van der Waals surface area (Å²) < 4.78 is 0. The van der Waals surface area contributed by atoms with Crippen molar-refractivity contribution in [1.29, 1.82) is 0 Å². The van der Waals surface area contributed by atoms with Crippen LogP contribution < -0.4 is 10.6 Å². The molecule has 21 heavy (non-hydrogen) atoms. The Labute approximate surface area is 125 Å². The monoisotopic (exact) mass is 289 g/mol. The number of hydrogen-bond acceptors (Lipinski definition) is 3. The van der Waals surface area contributed by atoms with E-state index in [0.29, 0.717) is 13.1 Å². The molecule has 5 heteroatoms. The third-order valence-electron chi connectivity index (χ3n) is 3.59. The maximum atomic E-state index is 12.7. The highest BCUT2D eigenvalue weighted by Gasteiger charge is 2.33. The maximum Gasteiger partial charge on any atom is 0.248 e. The van der Waals surface area contributed by atoms with Crippen LogP contribution in [0.25, 0.3) is 0 Å². The normalized spacial score (nSPS) is 16.1. The molecule has 5 nitrogen and oxygen atoms in total. The van der Waals surface area contributed by atoms with Crippen LogP contribution in [-0.2, 0) is 9.59 Å². The number of carbonyl (C=O) groups is 2. The Bertz CT molecular complexity index is 523. The molecule has 0 atom stereocenters. The lowest BCUT2D eigenvalue weighted by Gasteiger charge is -2.32. The van der Waals surface area contributed by atoms with E-state index in [2.05, 4.69) is 10.6 Å². The number of anilines is 1. The number of benzene rings is 1. The van der Waals surface area contributed by atoms with E-state index in [1.165, 1.54) is 5.56 Å². The number of rotatable bonds is 3. The van der Waals surface area contributed by atoms with Crippen molar-refractivity contribution in [3.05, 3.63) is 29.8 Å². The minimum absolute atomic E-state index is 0.0554. The second kappa shape index (κ2) is 6.16. The van der Waals surface area contributed by atoms with Gasteiger partial charge in [0.2, 0.25) is 11.8 Å². The summed E-state index contributed by atoms with van der Waals surface area (Å²) in [6.07, 6.45) is 0.790. The van der Waals surface area contributed by atoms with E-state index in [1.807, 2.05) is 45.0 Å². The van der Waals surface area contributed by atoms with E-state index >= 15 is 0 Å². The average molecular weight is 289 g/mol. The van der Waals surface area contributed by atoms with Crippen LogP contribution in [0.1, 0.15) is 25.8 Å². The molecule has 1 aromatic carbocycles. The first-order valence-electron chi connectivity index (χ1n) is 7.29. The highest BCUT2D eigenvalue weighted by molar-refractivity contribution is 5.92. The molecule has 0 saturated carbocycles. The number of carbonyl (C=O) groups excluding carboxylic acids is 2. The Balaban J connectivity index is 2.08. The molecule has 1 saturated heterocycles. The standard InChI is InChI=1S/C16H23N3O2/c1-12-5-7-13(8-6-12)18-16(2,3)15(21)19-10-4-9-17-14(20)11-19/h5-8,18H,4,9-11H2,1-3H3,(H,17,20). The van der Waals surface area contributed by atoms with Crippen molar-refractivity contribution >= 4 is 17.5 Å². The minimum Gasteiger partial charge on any atom is -0.372 e. The lowest BCUT2D eigenvalue weighted by atomic mass is 10.0. The quantitative estimate of drug-likeness (QED) is 0.887. The van der Waals surface area contributed by atoms with Crippen molar-refractivity contribution in [2.45, 2.75) is 32.7 Å². The third-order valence-corrected chi connectivity index (χ3v) is 3.59. The average Bonchev–Trinajstić information content (AvgIpc) is 2.65. The summed E-state index contributed by atoms with van der Waals surface area (Å²) in [5, 5.41) is 6.04. The Kier molecular flexibility index (Phi) is 4.50. The first kappa shape index (κ1) is 15.4. The number of nitrogens with one attached hydrogen (secondary N) is 2. The lowest BCUT2D eigenvalue weighted by molar-refractivity contribution is -0.138. The zero-order valence-corrected chi connectivity index (χ0v) is 12.9. The Morgan fingerprint density at radius 2 is 1.95 bits per heavy atom. The number of hydrogen-bond donors (Lipinski definition) is 2. The Hall–Kier alpha value is -2.04. The van der Waals surface area contributed by atoms with Gasteiger partial charge in [-0.2, -0.15) is 0 Å². The predicted octanol–water partition coefficient (Wildman–Crippen LogP) is 1.53. The minimum atomic E-state index is -0.750. The zero-order valence-electron chi connectivity index (χ0n) is 12.9. The molecule has 1 aromatic rings. The first-order valence-corrected chi connectivity index (χ1v) is 7.29. The van der Waals surface area contributed by atoms with Gasteiger partial charge in [0.25, 0.3) is 0 Å². The topological polar surface area (TPSA) is 61.4 Å². The van der Waals surface area contributed by atoms with Gasteiger partial charge in [-0.3, -0.25) is 9.59 Å². The fourth-order valence-corrected chi connectivity index (χ4v) is 2.43. The molecule has 1 heterocycles. The van der Waals surface area contributed by atoms with E-state index in [0.717, 1.165) is 12.1 Å². The van der Waals surface area contributed by atoms with Crippen LogP contribution >= 0.6 is 0 Å². The van der Waals surface area contributed by atoms with Gasteiger partial charge >= 0.3 is 0 Å². The van der Waals surface area contributed by atoms with E-state index in [1.54, 1.807) is 4.90 Å². The largest absolute Gasteiger partial charge is 0.372 e. The Morgan fingerprint density at radius 1 is 1.29 bits per heavy atom. The van der Waals surface area contributed by atoms with Gasteiger partial charge < -0.3 is 15.5 Å². The van der Waals surface area contributed by atoms with Crippen LogP contribution in [0.4, 0.5) is 5.69 Å². The summed E-state index contributed by atoms with van der Waals surface area (Å²) in [5.74, 6) is -0.146. The van der Waals surface area contributed by atoms with Crippen LogP contribution in [-0.4, -0.2) is 41.9 Å². The van der Waals surface area contributed by atoms with Gasteiger partial charge in [0, 0.05) is 18.8 Å². The van der Waals surface area contributed by atoms with Gasteiger partial charge in [-0.1, -0.05) is 17.7 Å². The SMILES string of the molecule is Cc1ccc(NC(C)(C)C(=O)N2CCCNC(=O)C2)cc1. The molecule has 2 amide bonds. The summed E-state index contributed by atoms with van der Waals surface area (Å²) in [6.45, 7) is 7.09. The van der Waals surface area contributed by atoms with Crippen molar-refractivity contribution in [3.8, 4) is 0 Å². The summed E-state index contributed by atoms with van der Waals surface area (Å²) in [4.78, 5) is 25.9. The fourth-order valence-electron chi connectivity index (χ4n) is 2.43. The molecule has 1 aliphatic heterocycles. The molecule has 2 rings (SSSR count). The fraction of sp³-hybridized carbons (Fsp3) is 0.500. The number of amides is 2. The molecular formula is C16H23N3O2. The van der Waals surface area contributed by atoms with Crippen molar-refractivity contribution in [2.75, 3.05) is 25.0 Å². The van der Waals surface area contributed by atoms with Gasteiger partial charge in [-0.15, -0.1) is 0 Å². The predicted molar refractivity (Wildman–Crippen MR) is 83.1 cm³/mol. The van der Waals surface area contributed by atoms with E-state index in [4.69, 9.17) is 0 Å². The smallest absolute Gasteiger partial charge is 0.248 e. The molecule has 2 N–H and O–H groups in total. The summed E-state index contributed by atoms with van der Waals surface area (Å²) in [7, 11) is 0. The highest BCUT2D eigenvalue weighted by Crippen LogP contribution is 2.18. The molecule has 114 valence electrons. The molecule has 1 fully saturated rings. The van der Waals surface area contributed by atoms with Crippen molar-refractivity contribution < 1.29 is 9.59 Å². The molecule has 0 bridgehead atoms. The van der Waals surface area contributed by atoms with Crippen molar-refractivity contribution in [1.82, 2.24) is 10.2 Å². The zero-order chi connectivity index (χ0) is 15.5. The van der Waals surface area contributed by atoms with Crippen LogP contribution in [0.3, 0.4) is 0 Å². The van der Waals surface area contributed by atoms with Crippen LogP contribution in [0, 0.1) is 6.92 Å². The van der Waals surface area contributed by atoms with Crippen LogP contribution in [0.2, 0.25) is 0 Å². The summed E-state index contributed by atoms with van der Waals surface area (Å²) in [6, 6.07) is 7.92. The second-order valence-electron chi connectivity index (χ2n) is 6.05. The third kappa shape index (κ3) is 3.97.